The van der Waals surface area contributed by atoms with E-state index in [1.807, 2.05) is 66.7 Å². The van der Waals surface area contributed by atoms with Crippen molar-refractivity contribution in [1.82, 2.24) is 19.5 Å². The number of rotatable bonds is 7. The van der Waals surface area contributed by atoms with Crippen LogP contribution in [0.25, 0.3) is 95.0 Å². The molecule has 2 heterocycles. The summed E-state index contributed by atoms with van der Waals surface area (Å²) in [4.78, 5) is 15.2. The molecule has 0 saturated heterocycles. The molecule has 0 atom stereocenters. The summed E-state index contributed by atoms with van der Waals surface area (Å²) in [6.45, 7) is 4.18. The zero-order valence-corrected chi connectivity index (χ0v) is 32.4. The third-order valence-electron chi connectivity index (χ3n) is 11.0. The molecule has 10 aromatic rings. The molecule has 4 nitrogen and oxygen atoms in total. The lowest BCUT2D eigenvalue weighted by atomic mass is 9.99. The lowest BCUT2D eigenvalue weighted by Crippen LogP contribution is -2.04. The Hall–Kier alpha value is -7.57. The maximum atomic E-state index is 15.5. The van der Waals surface area contributed by atoms with Crippen LogP contribution in [0, 0.1) is 25.5 Å². The molecule has 0 amide bonds. The molecule has 6 heteroatoms. The van der Waals surface area contributed by atoms with E-state index in [0.29, 0.717) is 28.6 Å². The summed E-state index contributed by atoms with van der Waals surface area (Å²) >= 11 is 0. The van der Waals surface area contributed by atoms with Crippen LogP contribution >= 0.6 is 0 Å². The zero-order valence-electron chi connectivity index (χ0n) is 32.4. The van der Waals surface area contributed by atoms with Gasteiger partial charge in [-0.05, 0) is 90.2 Å². The highest BCUT2D eigenvalue weighted by Crippen LogP contribution is 2.41. The molecular weight excluding hydrogens is 731 g/mol. The molecule has 0 unspecified atom stereocenters. The van der Waals surface area contributed by atoms with Crippen molar-refractivity contribution in [2.45, 2.75) is 13.8 Å². The SMILES string of the molecule is Cc1ccc(-c2ccc3c(c2)c2cc(-c4ccc(C)cc4)ccc2n3-c2ccc(-c3c(F)cccc3F)cc2-c2nc(-c3ccccc3)nc(-c3ccccc3)n2)cc1. The standard InChI is InChI=1S/C53H36F2N4/c1-33-16-20-35(21-17-33)39-24-27-47-42(30-39)43-31-40(36-22-18-34(2)19-23-36)25-28-48(43)59(47)49-29-26-41(50-45(54)14-9-15-46(50)55)32-44(49)53-57-51(37-10-5-3-6-11-37)56-52(58-53)38-12-7-4-8-13-38/h3-32H,1-2H3. The van der Waals surface area contributed by atoms with Crippen LogP contribution in [0.4, 0.5) is 8.78 Å². The highest BCUT2D eigenvalue weighted by atomic mass is 19.1. The monoisotopic (exact) mass is 766 g/mol. The van der Waals surface area contributed by atoms with E-state index in [9.17, 15) is 0 Å². The van der Waals surface area contributed by atoms with Crippen molar-refractivity contribution in [3.63, 3.8) is 0 Å². The van der Waals surface area contributed by atoms with Gasteiger partial charge in [-0.1, -0.05) is 145 Å². The van der Waals surface area contributed by atoms with Crippen LogP contribution in [0.15, 0.2) is 182 Å². The molecule has 0 aliphatic rings. The Kier molecular flexibility index (Phi) is 8.95. The molecule has 8 aromatic carbocycles. The van der Waals surface area contributed by atoms with Crippen molar-refractivity contribution >= 4 is 21.8 Å². The van der Waals surface area contributed by atoms with Crippen molar-refractivity contribution in [2.75, 3.05) is 0 Å². The van der Waals surface area contributed by atoms with Gasteiger partial charge < -0.3 is 4.57 Å². The van der Waals surface area contributed by atoms with E-state index in [0.717, 1.165) is 60.9 Å². The minimum absolute atomic E-state index is 0.117. The van der Waals surface area contributed by atoms with Crippen LogP contribution in [0.1, 0.15) is 11.1 Å². The fourth-order valence-electron chi connectivity index (χ4n) is 7.90. The second-order valence-corrected chi connectivity index (χ2v) is 14.9. The predicted octanol–water partition coefficient (Wildman–Crippen LogP) is 13.9. The molecule has 0 saturated carbocycles. The van der Waals surface area contributed by atoms with E-state index in [-0.39, 0.29) is 5.56 Å². The Morgan fingerprint density at radius 3 is 1.31 bits per heavy atom. The molecule has 0 bridgehead atoms. The van der Waals surface area contributed by atoms with E-state index in [4.69, 9.17) is 15.0 Å². The predicted molar refractivity (Wildman–Crippen MR) is 236 cm³/mol. The molecule has 0 aliphatic heterocycles. The summed E-state index contributed by atoms with van der Waals surface area (Å²) in [5.41, 5.74) is 12.0. The van der Waals surface area contributed by atoms with Crippen molar-refractivity contribution in [1.29, 1.82) is 0 Å². The normalized spacial score (nSPS) is 11.4. The minimum atomic E-state index is -0.654. The van der Waals surface area contributed by atoms with Crippen molar-refractivity contribution in [2.24, 2.45) is 0 Å². The third kappa shape index (κ3) is 6.64. The van der Waals surface area contributed by atoms with E-state index < -0.39 is 11.6 Å². The Balaban J connectivity index is 1.28. The molecule has 10 rings (SSSR count). The van der Waals surface area contributed by atoms with Gasteiger partial charge in [0.05, 0.1) is 22.3 Å². The van der Waals surface area contributed by atoms with Crippen LogP contribution in [-0.4, -0.2) is 19.5 Å². The van der Waals surface area contributed by atoms with Crippen molar-refractivity contribution in [3.8, 4) is 73.2 Å². The second kappa shape index (κ2) is 14.7. The average Bonchev–Trinajstić information content (AvgIpc) is 3.60. The van der Waals surface area contributed by atoms with Gasteiger partial charge in [0.15, 0.2) is 17.5 Å². The number of aromatic nitrogens is 4. The van der Waals surface area contributed by atoms with E-state index in [1.54, 1.807) is 12.1 Å². The Morgan fingerprint density at radius 2 is 0.814 bits per heavy atom. The fraction of sp³-hybridized carbons (Fsp3) is 0.0377. The van der Waals surface area contributed by atoms with Gasteiger partial charge in [0, 0.05) is 27.5 Å². The summed E-state index contributed by atoms with van der Waals surface area (Å²) in [5.74, 6) is 0.0249. The van der Waals surface area contributed by atoms with Crippen LogP contribution in [0.2, 0.25) is 0 Å². The number of hydrogen-bond acceptors (Lipinski definition) is 3. The number of aryl methyl sites for hydroxylation is 2. The number of hydrogen-bond donors (Lipinski definition) is 0. The quantitative estimate of drug-likeness (QED) is 0.162. The molecule has 0 N–H and O–H groups in total. The number of nitrogens with zero attached hydrogens (tertiary/aromatic N) is 4. The molecular formula is C53H36F2N4. The van der Waals surface area contributed by atoms with Gasteiger partial charge in [0.1, 0.15) is 11.6 Å². The van der Waals surface area contributed by atoms with Gasteiger partial charge in [0.2, 0.25) is 0 Å². The van der Waals surface area contributed by atoms with Gasteiger partial charge in [-0.3, -0.25) is 0 Å². The number of benzene rings is 8. The van der Waals surface area contributed by atoms with Crippen molar-refractivity contribution < 1.29 is 8.78 Å². The number of halogens is 2. The van der Waals surface area contributed by atoms with E-state index in [2.05, 4.69) is 103 Å². The summed E-state index contributed by atoms with van der Waals surface area (Å²) in [6, 6.07) is 59.2. The lowest BCUT2D eigenvalue weighted by Gasteiger charge is -2.17. The fourth-order valence-corrected chi connectivity index (χ4v) is 7.90. The molecule has 282 valence electrons. The average molecular weight is 767 g/mol. The summed E-state index contributed by atoms with van der Waals surface area (Å²) in [5, 5.41) is 2.13. The zero-order chi connectivity index (χ0) is 40.0. The van der Waals surface area contributed by atoms with Crippen LogP contribution < -0.4 is 0 Å². The van der Waals surface area contributed by atoms with Crippen molar-refractivity contribution in [3.05, 3.63) is 205 Å². The first-order valence-corrected chi connectivity index (χ1v) is 19.6. The molecule has 0 spiro atoms. The highest BCUT2D eigenvalue weighted by Gasteiger charge is 2.22. The molecule has 59 heavy (non-hydrogen) atoms. The third-order valence-corrected chi connectivity index (χ3v) is 11.0. The van der Waals surface area contributed by atoms with Crippen LogP contribution in [-0.2, 0) is 0 Å². The van der Waals surface area contributed by atoms with Gasteiger partial charge >= 0.3 is 0 Å². The smallest absolute Gasteiger partial charge is 0.166 e. The Bertz CT molecular complexity index is 2990. The lowest BCUT2D eigenvalue weighted by molar-refractivity contribution is 0.589. The maximum absolute atomic E-state index is 15.5. The number of fused-ring (bicyclic) bond motifs is 3. The summed E-state index contributed by atoms with van der Waals surface area (Å²) < 4.78 is 33.3. The van der Waals surface area contributed by atoms with Gasteiger partial charge in [0.25, 0.3) is 0 Å². The molecule has 0 aliphatic carbocycles. The topological polar surface area (TPSA) is 43.6 Å². The molecule has 2 aromatic heterocycles. The summed E-state index contributed by atoms with van der Waals surface area (Å²) in [6.07, 6.45) is 0. The first kappa shape index (κ1) is 35.8. The van der Waals surface area contributed by atoms with Crippen LogP contribution in [0.3, 0.4) is 0 Å². The highest BCUT2D eigenvalue weighted by molar-refractivity contribution is 6.12. The Labute approximate surface area is 340 Å². The van der Waals surface area contributed by atoms with Gasteiger partial charge in [-0.2, -0.15) is 0 Å². The maximum Gasteiger partial charge on any atom is 0.166 e. The minimum Gasteiger partial charge on any atom is -0.308 e. The first-order chi connectivity index (χ1) is 28.9. The molecule has 0 radical (unpaired) electrons. The molecule has 0 fully saturated rings. The van der Waals surface area contributed by atoms with Gasteiger partial charge in [-0.15, -0.1) is 0 Å². The second-order valence-electron chi connectivity index (χ2n) is 14.9. The van der Waals surface area contributed by atoms with E-state index in [1.165, 1.54) is 29.3 Å². The summed E-state index contributed by atoms with van der Waals surface area (Å²) in [7, 11) is 0. The van der Waals surface area contributed by atoms with Gasteiger partial charge in [-0.25, -0.2) is 23.7 Å². The van der Waals surface area contributed by atoms with Crippen LogP contribution in [0.5, 0.6) is 0 Å². The largest absolute Gasteiger partial charge is 0.308 e. The Morgan fingerprint density at radius 1 is 0.373 bits per heavy atom. The van der Waals surface area contributed by atoms with E-state index >= 15 is 8.78 Å². The first-order valence-electron chi connectivity index (χ1n) is 19.6.